The maximum Gasteiger partial charge on any atom is 0.290 e. The van der Waals surface area contributed by atoms with Crippen LogP contribution in [0, 0.1) is 20.8 Å². The predicted octanol–water partition coefficient (Wildman–Crippen LogP) is 4.96. The van der Waals surface area contributed by atoms with Crippen molar-refractivity contribution in [2.75, 3.05) is 0 Å². The number of hydrogen-bond acceptors (Lipinski definition) is 6. The van der Waals surface area contributed by atoms with E-state index >= 15 is 0 Å². The summed E-state index contributed by atoms with van der Waals surface area (Å²) in [6, 6.07) is 17.9. The number of fused-ring (bicyclic) bond motifs is 1. The van der Waals surface area contributed by atoms with Gasteiger partial charge in [0.15, 0.2) is 0 Å². The molecule has 0 amide bonds. The summed E-state index contributed by atoms with van der Waals surface area (Å²) in [5, 5.41) is 12.0. The number of aryl methyl sites for hydroxylation is 3. The molecular weight excluding hydrogens is 422 g/mol. The van der Waals surface area contributed by atoms with Crippen LogP contribution in [0.1, 0.15) is 22.6 Å². The van der Waals surface area contributed by atoms with Crippen LogP contribution < -0.4 is 5.56 Å². The number of oxazole rings is 1. The van der Waals surface area contributed by atoms with E-state index in [1.807, 2.05) is 69.3 Å². The monoisotopic (exact) mass is 443 g/mol. The van der Waals surface area contributed by atoms with Crippen molar-refractivity contribution in [3.8, 4) is 22.7 Å². The Morgan fingerprint density at radius 1 is 0.969 bits per heavy atom. The van der Waals surface area contributed by atoms with E-state index in [1.54, 1.807) is 10.6 Å². The van der Waals surface area contributed by atoms with Crippen molar-refractivity contribution in [1.82, 2.24) is 24.8 Å². The lowest BCUT2D eigenvalue weighted by Crippen LogP contribution is -2.13. The largest absolute Gasteiger partial charge is 0.441 e. The number of aromatic nitrogens is 5. The summed E-state index contributed by atoms with van der Waals surface area (Å²) < 4.78 is 7.47. The van der Waals surface area contributed by atoms with Crippen LogP contribution >= 0.6 is 11.8 Å². The quantitative estimate of drug-likeness (QED) is 0.386. The lowest BCUT2D eigenvalue weighted by molar-refractivity contribution is 0.540. The molecule has 0 atom stereocenters. The zero-order chi connectivity index (χ0) is 22.2. The molecular formula is C24H21N5O2S. The number of rotatable bonds is 5. The molecule has 0 saturated heterocycles. The van der Waals surface area contributed by atoms with E-state index in [4.69, 9.17) is 4.42 Å². The summed E-state index contributed by atoms with van der Waals surface area (Å²) in [6.07, 6.45) is 0. The highest BCUT2D eigenvalue weighted by Crippen LogP contribution is 2.28. The number of hydrogen-bond donors (Lipinski definition) is 1. The second-order valence-electron chi connectivity index (χ2n) is 7.70. The van der Waals surface area contributed by atoms with Crippen molar-refractivity contribution in [2.24, 2.45) is 0 Å². The van der Waals surface area contributed by atoms with Gasteiger partial charge in [-0.1, -0.05) is 59.3 Å². The van der Waals surface area contributed by atoms with Gasteiger partial charge in [0.1, 0.15) is 11.3 Å². The minimum absolute atomic E-state index is 0.278. The first kappa shape index (κ1) is 20.3. The number of nitrogens with one attached hydrogen (secondary N) is 1. The molecule has 0 saturated carbocycles. The van der Waals surface area contributed by atoms with Gasteiger partial charge in [-0.25, -0.2) is 14.6 Å². The molecule has 5 aromatic rings. The molecule has 1 N–H and O–H groups in total. The Hall–Kier alpha value is -3.65. The van der Waals surface area contributed by atoms with Crippen LogP contribution in [-0.4, -0.2) is 24.8 Å². The Morgan fingerprint density at radius 2 is 1.62 bits per heavy atom. The Bertz CT molecular complexity index is 1460. The van der Waals surface area contributed by atoms with E-state index < -0.39 is 0 Å². The molecule has 0 aliphatic heterocycles. The maximum atomic E-state index is 12.3. The van der Waals surface area contributed by atoms with E-state index in [2.05, 4.69) is 20.3 Å². The van der Waals surface area contributed by atoms with Crippen molar-refractivity contribution < 1.29 is 4.42 Å². The fraction of sp³-hybridized carbons (Fsp3) is 0.167. The Labute approximate surface area is 188 Å². The first-order valence-electron chi connectivity index (χ1n) is 10.2. The van der Waals surface area contributed by atoms with E-state index in [0.29, 0.717) is 22.3 Å². The van der Waals surface area contributed by atoms with Gasteiger partial charge in [-0.05, 0) is 39.0 Å². The van der Waals surface area contributed by atoms with Gasteiger partial charge < -0.3 is 4.42 Å². The molecule has 5 rings (SSSR count). The highest BCUT2D eigenvalue weighted by molar-refractivity contribution is 7.98. The topological polar surface area (TPSA) is 89.1 Å². The minimum atomic E-state index is -0.278. The van der Waals surface area contributed by atoms with Crippen LogP contribution in [0.15, 0.2) is 69.0 Å². The second kappa shape index (κ2) is 8.12. The lowest BCUT2D eigenvalue weighted by Gasteiger charge is -2.01. The van der Waals surface area contributed by atoms with Crippen LogP contribution in [0.4, 0.5) is 0 Å². The fourth-order valence-electron chi connectivity index (χ4n) is 3.37. The summed E-state index contributed by atoms with van der Waals surface area (Å²) in [5.41, 5.74) is 5.97. The third kappa shape index (κ3) is 3.85. The van der Waals surface area contributed by atoms with Gasteiger partial charge in [0, 0.05) is 16.9 Å². The molecule has 0 bridgehead atoms. The summed E-state index contributed by atoms with van der Waals surface area (Å²) in [5.74, 6) is 1.89. The molecule has 3 heterocycles. The fourth-order valence-corrected chi connectivity index (χ4v) is 4.27. The van der Waals surface area contributed by atoms with E-state index in [9.17, 15) is 4.79 Å². The number of benzene rings is 2. The second-order valence-corrected chi connectivity index (χ2v) is 8.65. The van der Waals surface area contributed by atoms with Crippen LogP contribution in [-0.2, 0) is 5.75 Å². The molecule has 160 valence electrons. The van der Waals surface area contributed by atoms with Gasteiger partial charge in [-0.2, -0.15) is 5.10 Å². The van der Waals surface area contributed by atoms with Crippen LogP contribution in [0.2, 0.25) is 0 Å². The zero-order valence-corrected chi connectivity index (χ0v) is 18.7. The molecule has 2 aromatic carbocycles. The summed E-state index contributed by atoms with van der Waals surface area (Å²) in [6.45, 7) is 5.98. The van der Waals surface area contributed by atoms with Crippen molar-refractivity contribution in [3.63, 3.8) is 0 Å². The van der Waals surface area contributed by atoms with Gasteiger partial charge in [0.05, 0.1) is 11.4 Å². The standard InChI is InChI=1S/C24H21N5O2S/c1-14-4-8-17(9-5-14)19-12-21-22(30)26-27-24(29(21)28-19)32-13-20-16(3)31-23(25-20)18-10-6-15(2)7-11-18/h4-12H,13H2,1-3H3,(H,26,30). The normalized spacial score (nSPS) is 11.3. The summed E-state index contributed by atoms with van der Waals surface area (Å²) in [7, 11) is 0. The highest BCUT2D eigenvalue weighted by Gasteiger charge is 2.16. The molecule has 0 spiro atoms. The Balaban J connectivity index is 1.43. The molecule has 3 aromatic heterocycles. The van der Waals surface area contributed by atoms with Crippen LogP contribution in [0.25, 0.3) is 28.2 Å². The van der Waals surface area contributed by atoms with Gasteiger partial charge >= 0.3 is 0 Å². The van der Waals surface area contributed by atoms with Gasteiger partial charge in [-0.15, -0.1) is 5.10 Å². The van der Waals surface area contributed by atoms with Crippen molar-refractivity contribution in [1.29, 1.82) is 0 Å². The minimum Gasteiger partial charge on any atom is -0.441 e. The molecule has 0 aliphatic rings. The first-order chi connectivity index (χ1) is 15.5. The van der Waals surface area contributed by atoms with Gasteiger partial charge in [0.25, 0.3) is 5.56 Å². The first-order valence-corrected chi connectivity index (χ1v) is 11.2. The zero-order valence-electron chi connectivity index (χ0n) is 17.9. The highest BCUT2D eigenvalue weighted by atomic mass is 32.2. The average molecular weight is 444 g/mol. The Morgan fingerprint density at radius 3 is 2.31 bits per heavy atom. The molecule has 8 heteroatoms. The lowest BCUT2D eigenvalue weighted by atomic mass is 10.1. The molecule has 0 fully saturated rings. The van der Waals surface area contributed by atoms with E-state index in [-0.39, 0.29) is 5.56 Å². The van der Waals surface area contributed by atoms with Gasteiger partial charge in [0.2, 0.25) is 11.0 Å². The van der Waals surface area contributed by atoms with Crippen molar-refractivity contribution >= 4 is 17.3 Å². The number of nitrogens with zero attached hydrogens (tertiary/aromatic N) is 4. The van der Waals surface area contributed by atoms with Crippen LogP contribution in [0.5, 0.6) is 0 Å². The number of aromatic amines is 1. The third-order valence-electron chi connectivity index (χ3n) is 5.25. The van der Waals surface area contributed by atoms with Crippen LogP contribution in [0.3, 0.4) is 0 Å². The molecule has 7 nitrogen and oxygen atoms in total. The number of thioether (sulfide) groups is 1. The summed E-state index contributed by atoms with van der Waals surface area (Å²) >= 11 is 1.44. The smallest absolute Gasteiger partial charge is 0.290 e. The van der Waals surface area contributed by atoms with Gasteiger partial charge in [-0.3, -0.25) is 4.79 Å². The SMILES string of the molecule is Cc1ccc(-c2cc3c(=O)[nH]nc(SCc4nc(-c5ccc(C)cc5)oc4C)n3n2)cc1. The molecule has 0 unspecified atom stereocenters. The molecule has 0 aliphatic carbocycles. The predicted molar refractivity (Wildman–Crippen MR) is 125 cm³/mol. The third-order valence-corrected chi connectivity index (χ3v) is 6.19. The molecule has 32 heavy (non-hydrogen) atoms. The van der Waals surface area contributed by atoms with E-state index in [0.717, 1.165) is 28.3 Å². The van der Waals surface area contributed by atoms with E-state index in [1.165, 1.54) is 22.9 Å². The maximum absolute atomic E-state index is 12.3. The Kier molecular flexibility index (Phi) is 5.14. The number of H-pyrrole nitrogens is 1. The average Bonchev–Trinajstić information content (AvgIpc) is 3.39. The summed E-state index contributed by atoms with van der Waals surface area (Å²) in [4.78, 5) is 17.0. The molecule has 0 radical (unpaired) electrons. The van der Waals surface area contributed by atoms with Crippen molar-refractivity contribution in [3.05, 3.63) is 87.5 Å². The van der Waals surface area contributed by atoms with Crippen molar-refractivity contribution in [2.45, 2.75) is 31.7 Å².